The van der Waals surface area contributed by atoms with Crippen LogP contribution in [0.3, 0.4) is 0 Å². The van der Waals surface area contributed by atoms with Crippen LogP contribution in [0.2, 0.25) is 0 Å². The van der Waals surface area contributed by atoms with Crippen LogP contribution in [-0.2, 0) is 16.6 Å². The molecule has 0 spiro atoms. The average molecular weight is 504 g/mol. The van der Waals surface area contributed by atoms with E-state index in [4.69, 9.17) is 4.74 Å². The van der Waals surface area contributed by atoms with Gasteiger partial charge >= 0.3 is 17.8 Å². The van der Waals surface area contributed by atoms with Crippen LogP contribution in [0.1, 0.15) is 20.9 Å². The van der Waals surface area contributed by atoms with Gasteiger partial charge in [-0.25, -0.2) is 14.9 Å². The third-order valence-electron chi connectivity index (χ3n) is 5.21. The Hall–Kier alpha value is -4.77. The Morgan fingerprint density at radius 2 is 1.69 bits per heavy atom. The van der Waals surface area contributed by atoms with E-state index < -0.39 is 23.3 Å². The number of nitrogens with one attached hydrogen (secondary N) is 2. The maximum atomic E-state index is 12.9. The lowest BCUT2D eigenvalue weighted by Crippen LogP contribution is -2.34. The minimum Gasteiger partial charge on any atom is -0.422 e. The number of aromatic nitrogens is 2. The molecule has 182 valence electrons. The van der Waals surface area contributed by atoms with E-state index in [9.17, 15) is 19.2 Å². The molecular formula is C25H21N5O5S. The number of nitrogens with zero attached hydrogens (tertiary/aromatic N) is 3. The summed E-state index contributed by atoms with van der Waals surface area (Å²) in [6.07, 6.45) is 1.25. The van der Waals surface area contributed by atoms with Crippen molar-refractivity contribution in [3.8, 4) is 11.4 Å². The van der Waals surface area contributed by atoms with Crippen LogP contribution >= 0.6 is 11.3 Å². The van der Waals surface area contributed by atoms with Gasteiger partial charge in [-0.15, -0.1) is 11.3 Å². The van der Waals surface area contributed by atoms with Gasteiger partial charge in [0.1, 0.15) is 16.3 Å². The second-order valence-electron chi connectivity index (χ2n) is 7.49. The zero-order valence-electron chi connectivity index (χ0n) is 19.3. The summed E-state index contributed by atoms with van der Waals surface area (Å²) in [5, 5.41) is 7.91. The summed E-state index contributed by atoms with van der Waals surface area (Å²) in [6, 6.07) is 18.9. The summed E-state index contributed by atoms with van der Waals surface area (Å²) >= 11 is 1.25. The Morgan fingerprint density at radius 3 is 2.42 bits per heavy atom. The van der Waals surface area contributed by atoms with Gasteiger partial charge < -0.3 is 10.1 Å². The van der Waals surface area contributed by atoms with Gasteiger partial charge in [-0.3, -0.25) is 19.1 Å². The Balaban J connectivity index is 1.43. The first-order valence-electron chi connectivity index (χ1n) is 10.7. The number of amides is 2. The van der Waals surface area contributed by atoms with Crippen molar-refractivity contribution in [2.75, 3.05) is 5.32 Å². The predicted octanol–water partition coefficient (Wildman–Crippen LogP) is 2.85. The molecule has 0 fully saturated rings. The van der Waals surface area contributed by atoms with Gasteiger partial charge in [-0.1, -0.05) is 36.4 Å². The van der Waals surface area contributed by atoms with Gasteiger partial charge in [-0.05, 0) is 42.6 Å². The normalized spacial score (nSPS) is 10.8. The number of benzene rings is 2. The van der Waals surface area contributed by atoms with Crippen molar-refractivity contribution in [2.24, 2.45) is 12.1 Å². The number of hydrogen-bond acceptors (Lipinski definition) is 7. The minimum absolute atomic E-state index is 0.0173. The molecule has 10 nitrogen and oxygen atoms in total. The predicted molar refractivity (Wildman–Crippen MR) is 136 cm³/mol. The van der Waals surface area contributed by atoms with E-state index in [2.05, 4.69) is 15.8 Å². The van der Waals surface area contributed by atoms with Crippen molar-refractivity contribution in [3.05, 3.63) is 98.6 Å². The maximum Gasteiger partial charge on any atom is 0.353 e. The molecule has 11 heteroatoms. The van der Waals surface area contributed by atoms with Crippen molar-refractivity contribution in [1.29, 1.82) is 0 Å². The third-order valence-corrected chi connectivity index (χ3v) is 6.06. The summed E-state index contributed by atoms with van der Waals surface area (Å²) < 4.78 is 8.36. The molecular weight excluding hydrogens is 482 g/mol. The number of esters is 1. The lowest BCUT2D eigenvalue weighted by atomic mass is 10.2. The number of hydrazone groups is 1. The highest BCUT2D eigenvalue weighted by Crippen LogP contribution is 2.19. The molecule has 0 aliphatic carbocycles. The summed E-state index contributed by atoms with van der Waals surface area (Å²) in [5.74, 6) is -2.42. The number of ether oxygens (including phenoxy) is 1. The van der Waals surface area contributed by atoms with E-state index in [1.807, 2.05) is 6.07 Å². The van der Waals surface area contributed by atoms with Crippen molar-refractivity contribution in [3.63, 3.8) is 0 Å². The van der Waals surface area contributed by atoms with Crippen LogP contribution in [0.15, 0.2) is 82.0 Å². The Kier molecular flexibility index (Phi) is 7.21. The van der Waals surface area contributed by atoms with Crippen LogP contribution in [0, 0.1) is 6.92 Å². The Morgan fingerprint density at radius 1 is 0.972 bits per heavy atom. The first kappa shape index (κ1) is 24.4. The van der Waals surface area contributed by atoms with E-state index in [1.165, 1.54) is 22.2 Å². The third kappa shape index (κ3) is 5.15. The molecule has 0 radical (unpaired) electrons. The summed E-state index contributed by atoms with van der Waals surface area (Å²) in [4.78, 5) is 50.3. The number of para-hydroxylation sites is 2. The minimum atomic E-state index is -1.08. The van der Waals surface area contributed by atoms with E-state index in [1.54, 1.807) is 84.7 Å². The van der Waals surface area contributed by atoms with Crippen molar-refractivity contribution in [1.82, 2.24) is 14.8 Å². The molecule has 0 saturated carbocycles. The van der Waals surface area contributed by atoms with Crippen molar-refractivity contribution >= 4 is 41.0 Å². The van der Waals surface area contributed by atoms with Gasteiger partial charge in [0.2, 0.25) is 0 Å². The molecule has 2 heterocycles. The molecule has 36 heavy (non-hydrogen) atoms. The quantitative estimate of drug-likeness (QED) is 0.138. The summed E-state index contributed by atoms with van der Waals surface area (Å²) in [7, 11) is 1.67. The van der Waals surface area contributed by atoms with E-state index >= 15 is 0 Å². The van der Waals surface area contributed by atoms with Crippen LogP contribution < -0.4 is 21.0 Å². The number of carbonyl (C=O) groups excluding carboxylic acids is 3. The standard InChI is InChI=1S/C25H21N5O5S/c1-16-21(24(33)30(29(16)2)18-10-4-3-5-11-18)27-22(31)23(32)28-26-15-17-9-6-7-12-19(17)35-25(34)20-13-8-14-36-20/h3-15H,1-2H3,(H,27,31)(H,28,32). The zero-order valence-corrected chi connectivity index (χ0v) is 20.1. The van der Waals surface area contributed by atoms with E-state index in [0.717, 1.165) is 0 Å². The highest BCUT2D eigenvalue weighted by molar-refractivity contribution is 7.12. The van der Waals surface area contributed by atoms with Gasteiger partial charge in [0, 0.05) is 12.6 Å². The van der Waals surface area contributed by atoms with Crippen LogP contribution in [-0.4, -0.2) is 33.4 Å². The maximum absolute atomic E-state index is 12.9. The second-order valence-corrected chi connectivity index (χ2v) is 8.44. The molecule has 0 bridgehead atoms. The number of thiophene rings is 1. The topological polar surface area (TPSA) is 124 Å². The summed E-state index contributed by atoms with van der Waals surface area (Å²) in [6.45, 7) is 1.65. The molecule has 2 aromatic heterocycles. The molecule has 2 N–H and O–H groups in total. The number of hydrogen-bond donors (Lipinski definition) is 2. The smallest absolute Gasteiger partial charge is 0.353 e. The zero-order chi connectivity index (χ0) is 25.7. The molecule has 0 atom stereocenters. The van der Waals surface area contributed by atoms with Crippen molar-refractivity contribution in [2.45, 2.75) is 6.92 Å². The van der Waals surface area contributed by atoms with Crippen LogP contribution in [0.25, 0.3) is 5.69 Å². The largest absolute Gasteiger partial charge is 0.422 e. The first-order valence-corrected chi connectivity index (χ1v) is 11.6. The average Bonchev–Trinajstić information content (AvgIpc) is 3.49. The number of anilines is 1. The molecule has 0 saturated heterocycles. The van der Waals surface area contributed by atoms with Gasteiger partial charge in [0.25, 0.3) is 5.56 Å². The first-order chi connectivity index (χ1) is 17.4. The lowest BCUT2D eigenvalue weighted by Gasteiger charge is -2.07. The van der Waals surface area contributed by atoms with Crippen LogP contribution in [0.4, 0.5) is 5.69 Å². The SMILES string of the molecule is Cc1c(NC(=O)C(=O)NN=Cc2ccccc2OC(=O)c2cccs2)c(=O)n(-c2ccccc2)n1C. The van der Waals surface area contributed by atoms with E-state index in [-0.39, 0.29) is 11.4 Å². The van der Waals surface area contributed by atoms with Crippen LogP contribution in [0.5, 0.6) is 5.75 Å². The van der Waals surface area contributed by atoms with Gasteiger partial charge in [0.05, 0.1) is 17.6 Å². The lowest BCUT2D eigenvalue weighted by molar-refractivity contribution is -0.136. The molecule has 0 aliphatic rings. The second kappa shape index (κ2) is 10.7. The number of carbonyl (C=O) groups is 3. The van der Waals surface area contributed by atoms with E-state index in [0.29, 0.717) is 21.8 Å². The number of rotatable bonds is 6. The monoisotopic (exact) mass is 503 g/mol. The summed E-state index contributed by atoms with van der Waals surface area (Å²) in [5.41, 5.74) is 3.11. The fraction of sp³-hybridized carbons (Fsp3) is 0.0800. The molecule has 4 rings (SSSR count). The molecule has 2 aromatic carbocycles. The highest BCUT2D eigenvalue weighted by Gasteiger charge is 2.21. The molecule has 0 unspecified atom stereocenters. The fourth-order valence-corrected chi connectivity index (χ4v) is 3.92. The van der Waals surface area contributed by atoms with Crippen molar-refractivity contribution < 1.29 is 19.1 Å². The Labute approximate surface area is 209 Å². The highest BCUT2D eigenvalue weighted by atomic mass is 32.1. The molecule has 2 amide bonds. The fourth-order valence-electron chi connectivity index (χ4n) is 3.32. The molecule has 0 aliphatic heterocycles. The Bertz CT molecular complexity index is 1500. The van der Waals surface area contributed by atoms with Gasteiger partial charge in [0.15, 0.2) is 0 Å². The molecule has 4 aromatic rings. The van der Waals surface area contributed by atoms with Gasteiger partial charge in [-0.2, -0.15) is 5.10 Å².